The van der Waals surface area contributed by atoms with Crippen LogP contribution in [0.2, 0.25) is 0 Å². The molecule has 0 amide bonds. The van der Waals surface area contributed by atoms with Gasteiger partial charge in [0.25, 0.3) is 0 Å². The lowest BCUT2D eigenvalue weighted by Gasteiger charge is -2.10. The molecule has 0 unspecified atom stereocenters. The number of aromatic nitrogens is 2. The van der Waals surface area contributed by atoms with Gasteiger partial charge in [-0.05, 0) is 71.2 Å². The number of nitrogens with zero attached hydrogens (tertiary/aromatic N) is 2. The maximum Gasteiger partial charge on any atom is 0.229 e. The van der Waals surface area contributed by atoms with E-state index in [9.17, 15) is 0 Å². The number of rotatable bonds is 4. The Labute approximate surface area is 144 Å². The van der Waals surface area contributed by atoms with Crippen molar-refractivity contribution in [2.45, 2.75) is 13.8 Å². The summed E-state index contributed by atoms with van der Waals surface area (Å²) in [6, 6.07) is 16.1. The van der Waals surface area contributed by atoms with Gasteiger partial charge in [-0.15, -0.1) is 0 Å². The number of aryl methyl sites for hydroxylation is 2. The average molecular weight is 369 g/mol. The van der Waals surface area contributed by atoms with Crippen molar-refractivity contribution in [3.8, 4) is 0 Å². The van der Waals surface area contributed by atoms with Gasteiger partial charge in [0, 0.05) is 16.4 Å². The predicted octanol–water partition coefficient (Wildman–Crippen LogP) is 5.34. The first-order valence-electron chi connectivity index (χ1n) is 7.30. The van der Waals surface area contributed by atoms with Crippen molar-refractivity contribution in [2.75, 3.05) is 10.6 Å². The van der Waals surface area contributed by atoms with Gasteiger partial charge in [0.2, 0.25) is 5.95 Å². The predicted molar refractivity (Wildman–Crippen MR) is 98.7 cm³/mol. The molecule has 3 aromatic rings. The van der Waals surface area contributed by atoms with Crippen LogP contribution in [0.1, 0.15) is 11.1 Å². The van der Waals surface area contributed by atoms with Gasteiger partial charge >= 0.3 is 0 Å². The molecule has 0 saturated heterocycles. The van der Waals surface area contributed by atoms with E-state index in [2.05, 4.69) is 74.6 Å². The fourth-order valence-electron chi connectivity index (χ4n) is 2.20. The summed E-state index contributed by atoms with van der Waals surface area (Å²) < 4.78 is 1.00. The minimum absolute atomic E-state index is 0.559. The maximum atomic E-state index is 4.50. The molecule has 116 valence electrons. The summed E-state index contributed by atoms with van der Waals surface area (Å²) in [6.45, 7) is 4.11. The third-order valence-electron chi connectivity index (χ3n) is 3.32. The highest BCUT2D eigenvalue weighted by atomic mass is 79.9. The van der Waals surface area contributed by atoms with Gasteiger partial charge in [-0.3, -0.25) is 0 Å². The zero-order valence-corrected chi connectivity index (χ0v) is 14.6. The summed E-state index contributed by atoms with van der Waals surface area (Å²) in [7, 11) is 0. The fourth-order valence-corrected chi connectivity index (χ4v) is 2.79. The Hall–Kier alpha value is -2.40. The molecule has 0 fully saturated rings. The molecule has 1 aromatic heterocycles. The molecular weight excluding hydrogens is 352 g/mol. The van der Waals surface area contributed by atoms with Crippen molar-refractivity contribution in [3.63, 3.8) is 0 Å². The quantitative estimate of drug-likeness (QED) is 0.652. The molecule has 0 saturated carbocycles. The number of benzene rings is 2. The molecule has 3 rings (SSSR count). The van der Waals surface area contributed by atoms with Gasteiger partial charge in [0.1, 0.15) is 5.82 Å². The second-order valence-corrected chi connectivity index (χ2v) is 6.22. The Bertz CT molecular complexity index is 833. The fraction of sp³-hybridized carbons (Fsp3) is 0.111. The Morgan fingerprint density at radius 3 is 2.52 bits per heavy atom. The summed E-state index contributed by atoms with van der Waals surface area (Å²) in [5.41, 5.74) is 4.33. The number of anilines is 4. The molecule has 23 heavy (non-hydrogen) atoms. The highest BCUT2D eigenvalue weighted by Gasteiger charge is 2.04. The molecule has 2 N–H and O–H groups in total. The summed E-state index contributed by atoms with van der Waals surface area (Å²) in [5.74, 6) is 1.29. The topological polar surface area (TPSA) is 49.8 Å². The van der Waals surface area contributed by atoms with Crippen molar-refractivity contribution in [2.24, 2.45) is 0 Å². The first kappa shape index (κ1) is 15.5. The first-order chi connectivity index (χ1) is 11.1. The highest BCUT2D eigenvalue weighted by Crippen LogP contribution is 2.26. The first-order valence-corrected chi connectivity index (χ1v) is 8.09. The maximum absolute atomic E-state index is 4.50. The van der Waals surface area contributed by atoms with Crippen LogP contribution in [0.15, 0.2) is 59.2 Å². The van der Waals surface area contributed by atoms with Gasteiger partial charge in [-0.2, -0.15) is 4.98 Å². The van der Waals surface area contributed by atoms with Crippen molar-refractivity contribution in [1.29, 1.82) is 0 Å². The molecule has 2 aromatic carbocycles. The molecule has 0 spiro atoms. The summed E-state index contributed by atoms with van der Waals surface area (Å²) >= 11 is 3.56. The van der Waals surface area contributed by atoms with Crippen LogP contribution in [0, 0.1) is 13.8 Å². The van der Waals surface area contributed by atoms with Crippen LogP contribution in [0.4, 0.5) is 23.1 Å². The van der Waals surface area contributed by atoms with Gasteiger partial charge in [0.05, 0.1) is 5.69 Å². The lowest BCUT2D eigenvalue weighted by atomic mass is 10.2. The monoisotopic (exact) mass is 368 g/mol. The van der Waals surface area contributed by atoms with Crippen LogP contribution in [-0.2, 0) is 0 Å². The van der Waals surface area contributed by atoms with Crippen molar-refractivity contribution < 1.29 is 0 Å². The summed E-state index contributed by atoms with van der Waals surface area (Å²) in [6.07, 6.45) is 1.73. The van der Waals surface area contributed by atoms with Crippen molar-refractivity contribution in [3.05, 3.63) is 70.3 Å². The Morgan fingerprint density at radius 2 is 1.74 bits per heavy atom. The van der Waals surface area contributed by atoms with Crippen LogP contribution < -0.4 is 10.6 Å². The van der Waals surface area contributed by atoms with Crippen LogP contribution >= 0.6 is 15.9 Å². The Morgan fingerprint density at radius 1 is 0.913 bits per heavy atom. The smallest absolute Gasteiger partial charge is 0.229 e. The third kappa shape index (κ3) is 4.07. The number of hydrogen-bond acceptors (Lipinski definition) is 4. The standard InChI is InChI=1S/C18H17BrN4/c1-12-4-3-5-14(10-12)21-18-20-9-8-17(23-18)22-16-7-6-13(2)11-15(16)19/h3-11H,1-2H3,(H2,20,21,22,23). The van der Waals surface area contributed by atoms with Crippen molar-refractivity contribution in [1.82, 2.24) is 9.97 Å². The van der Waals surface area contributed by atoms with Crippen LogP contribution in [0.25, 0.3) is 0 Å². The Kier molecular flexibility index (Phi) is 4.57. The second kappa shape index (κ2) is 6.79. The van der Waals surface area contributed by atoms with E-state index in [4.69, 9.17) is 0 Å². The Balaban J connectivity index is 1.79. The molecule has 0 bridgehead atoms. The van der Waals surface area contributed by atoms with Crippen LogP contribution in [0.3, 0.4) is 0 Å². The van der Waals surface area contributed by atoms with E-state index in [-0.39, 0.29) is 0 Å². The van der Waals surface area contributed by atoms with E-state index in [1.807, 2.05) is 24.3 Å². The molecule has 0 radical (unpaired) electrons. The average Bonchev–Trinajstić information content (AvgIpc) is 2.51. The zero-order chi connectivity index (χ0) is 16.2. The molecule has 0 aliphatic rings. The normalized spacial score (nSPS) is 10.4. The van der Waals surface area contributed by atoms with Gasteiger partial charge in [-0.1, -0.05) is 18.2 Å². The van der Waals surface area contributed by atoms with Crippen LogP contribution in [-0.4, -0.2) is 9.97 Å². The van der Waals surface area contributed by atoms with E-state index in [1.165, 1.54) is 11.1 Å². The molecule has 0 aliphatic carbocycles. The SMILES string of the molecule is Cc1cccc(Nc2nccc(Nc3ccc(C)cc3Br)n2)c1. The third-order valence-corrected chi connectivity index (χ3v) is 3.97. The highest BCUT2D eigenvalue weighted by molar-refractivity contribution is 9.10. The minimum atomic E-state index is 0.559. The number of hydrogen-bond donors (Lipinski definition) is 2. The van der Waals surface area contributed by atoms with E-state index in [0.29, 0.717) is 5.95 Å². The molecular formula is C18H17BrN4. The number of halogens is 1. The molecule has 4 nitrogen and oxygen atoms in total. The van der Waals surface area contributed by atoms with E-state index < -0.39 is 0 Å². The summed E-state index contributed by atoms with van der Waals surface area (Å²) in [5, 5.41) is 6.52. The lowest BCUT2D eigenvalue weighted by molar-refractivity contribution is 1.16. The second-order valence-electron chi connectivity index (χ2n) is 5.37. The van der Waals surface area contributed by atoms with Gasteiger partial charge in [0.15, 0.2) is 0 Å². The van der Waals surface area contributed by atoms with E-state index >= 15 is 0 Å². The molecule has 5 heteroatoms. The molecule has 0 atom stereocenters. The van der Waals surface area contributed by atoms with Gasteiger partial charge < -0.3 is 10.6 Å². The zero-order valence-electron chi connectivity index (χ0n) is 13.0. The van der Waals surface area contributed by atoms with E-state index in [0.717, 1.165) is 21.7 Å². The van der Waals surface area contributed by atoms with Gasteiger partial charge in [-0.25, -0.2) is 4.98 Å². The minimum Gasteiger partial charge on any atom is -0.339 e. The molecule has 0 aliphatic heterocycles. The molecule has 1 heterocycles. The number of nitrogens with one attached hydrogen (secondary N) is 2. The summed E-state index contributed by atoms with van der Waals surface area (Å²) in [4.78, 5) is 8.77. The largest absolute Gasteiger partial charge is 0.339 e. The van der Waals surface area contributed by atoms with Crippen LogP contribution in [0.5, 0.6) is 0 Å². The lowest BCUT2D eigenvalue weighted by Crippen LogP contribution is -2.00. The van der Waals surface area contributed by atoms with Crippen molar-refractivity contribution >= 4 is 39.1 Å². The van der Waals surface area contributed by atoms with E-state index in [1.54, 1.807) is 6.20 Å².